The topological polar surface area (TPSA) is 74.6 Å². The molecule has 1 aliphatic heterocycles. The standard InChI is InChI=1S/C19H23N3O3/c23-18(16-9-13-25-14-16)20-10-6-15-7-11-22(12-8-15)19(24)21-17-4-2-1-3-5-17/h1-5,9,13-15H,6-8,10-12H2,(H,20,23)(H,21,24). The second-order valence-corrected chi connectivity index (χ2v) is 6.28. The molecule has 2 aromatic rings. The maximum absolute atomic E-state index is 12.3. The van der Waals surface area contributed by atoms with Crippen molar-refractivity contribution < 1.29 is 14.0 Å². The van der Waals surface area contributed by atoms with Crippen LogP contribution in [-0.2, 0) is 0 Å². The molecule has 0 saturated carbocycles. The zero-order valence-corrected chi connectivity index (χ0v) is 14.1. The van der Waals surface area contributed by atoms with Crippen LogP contribution in [0.25, 0.3) is 0 Å². The van der Waals surface area contributed by atoms with Gasteiger partial charge >= 0.3 is 6.03 Å². The number of anilines is 1. The van der Waals surface area contributed by atoms with E-state index in [4.69, 9.17) is 4.42 Å². The third kappa shape index (κ3) is 4.86. The molecule has 0 atom stereocenters. The summed E-state index contributed by atoms with van der Waals surface area (Å²) in [5, 5.41) is 5.83. The summed E-state index contributed by atoms with van der Waals surface area (Å²) in [5.41, 5.74) is 1.36. The molecule has 6 nitrogen and oxygen atoms in total. The molecular formula is C19H23N3O3. The first-order chi connectivity index (χ1) is 12.2. The normalized spacial score (nSPS) is 15.0. The van der Waals surface area contributed by atoms with Gasteiger partial charge in [0.05, 0.1) is 11.8 Å². The van der Waals surface area contributed by atoms with Gasteiger partial charge in [0.1, 0.15) is 6.26 Å². The van der Waals surface area contributed by atoms with Gasteiger partial charge in [-0.1, -0.05) is 18.2 Å². The number of benzene rings is 1. The van der Waals surface area contributed by atoms with Crippen LogP contribution < -0.4 is 10.6 Å². The van der Waals surface area contributed by atoms with Crippen molar-refractivity contribution in [2.75, 3.05) is 25.0 Å². The minimum atomic E-state index is -0.103. The fourth-order valence-corrected chi connectivity index (χ4v) is 3.03. The minimum absolute atomic E-state index is 0.0436. The maximum Gasteiger partial charge on any atom is 0.321 e. The van der Waals surface area contributed by atoms with Gasteiger partial charge in [-0.25, -0.2) is 4.79 Å². The lowest BCUT2D eigenvalue weighted by atomic mass is 9.93. The summed E-state index contributed by atoms with van der Waals surface area (Å²) in [4.78, 5) is 25.9. The van der Waals surface area contributed by atoms with Crippen molar-refractivity contribution in [3.8, 4) is 0 Å². The van der Waals surface area contributed by atoms with Gasteiger partial charge in [-0.3, -0.25) is 4.79 Å². The first kappa shape index (κ1) is 17.1. The lowest BCUT2D eigenvalue weighted by molar-refractivity contribution is 0.0949. The first-order valence-corrected chi connectivity index (χ1v) is 8.64. The number of likely N-dealkylation sites (tertiary alicyclic amines) is 1. The molecule has 1 aromatic heterocycles. The van der Waals surface area contributed by atoms with Crippen molar-refractivity contribution >= 4 is 17.6 Å². The number of carbonyl (C=O) groups excluding carboxylic acids is 2. The number of carbonyl (C=O) groups is 2. The molecule has 1 fully saturated rings. The second kappa shape index (κ2) is 8.37. The molecular weight excluding hydrogens is 318 g/mol. The molecule has 2 N–H and O–H groups in total. The number of hydrogen-bond donors (Lipinski definition) is 2. The van der Waals surface area contributed by atoms with E-state index in [1.165, 1.54) is 12.5 Å². The monoisotopic (exact) mass is 341 g/mol. The highest BCUT2D eigenvalue weighted by atomic mass is 16.3. The number of amides is 3. The van der Waals surface area contributed by atoms with Gasteiger partial charge in [0.2, 0.25) is 0 Å². The molecule has 132 valence electrons. The summed E-state index contributed by atoms with van der Waals surface area (Å²) < 4.78 is 4.90. The molecule has 1 aromatic carbocycles. The van der Waals surface area contributed by atoms with E-state index < -0.39 is 0 Å². The Kier molecular flexibility index (Phi) is 5.72. The van der Waals surface area contributed by atoms with Gasteiger partial charge < -0.3 is 20.0 Å². The van der Waals surface area contributed by atoms with Gasteiger partial charge in [0.15, 0.2) is 0 Å². The van der Waals surface area contributed by atoms with Crippen molar-refractivity contribution in [2.24, 2.45) is 5.92 Å². The van der Waals surface area contributed by atoms with Crippen LogP contribution in [0.3, 0.4) is 0 Å². The summed E-state index contributed by atoms with van der Waals surface area (Å²) >= 11 is 0. The number of nitrogens with zero attached hydrogens (tertiary/aromatic N) is 1. The molecule has 0 aliphatic carbocycles. The average molecular weight is 341 g/mol. The fraction of sp³-hybridized carbons (Fsp3) is 0.368. The number of piperidine rings is 1. The summed E-state index contributed by atoms with van der Waals surface area (Å²) in [7, 11) is 0. The molecule has 2 heterocycles. The van der Waals surface area contributed by atoms with Crippen LogP contribution in [0.5, 0.6) is 0 Å². The minimum Gasteiger partial charge on any atom is -0.472 e. The lowest BCUT2D eigenvalue weighted by Crippen LogP contribution is -2.41. The zero-order chi connectivity index (χ0) is 17.5. The molecule has 3 amide bonds. The molecule has 25 heavy (non-hydrogen) atoms. The first-order valence-electron chi connectivity index (χ1n) is 8.64. The maximum atomic E-state index is 12.3. The Labute approximate surface area is 147 Å². The quantitative estimate of drug-likeness (QED) is 0.876. The van der Waals surface area contributed by atoms with Gasteiger partial charge in [0, 0.05) is 25.3 Å². The number of para-hydroxylation sites is 1. The van der Waals surface area contributed by atoms with Crippen molar-refractivity contribution in [2.45, 2.75) is 19.3 Å². The molecule has 1 saturated heterocycles. The lowest BCUT2D eigenvalue weighted by Gasteiger charge is -2.32. The van der Waals surface area contributed by atoms with Gasteiger partial charge in [0.25, 0.3) is 5.91 Å². The Balaban J connectivity index is 1.35. The van der Waals surface area contributed by atoms with Gasteiger partial charge in [-0.2, -0.15) is 0 Å². The molecule has 0 radical (unpaired) electrons. The van der Waals surface area contributed by atoms with Crippen LogP contribution in [0.1, 0.15) is 29.6 Å². The Morgan fingerprint density at radius 2 is 1.88 bits per heavy atom. The van der Waals surface area contributed by atoms with Crippen molar-refractivity contribution in [1.82, 2.24) is 10.2 Å². The summed E-state index contributed by atoms with van der Waals surface area (Å²) in [5.74, 6) is 0.429. The van der Waals surface area contributed by atoms with Crippen LogP contribution in [0.2, 0.25) is 0 Å². The van der Waals surface area contributed by atoms with E-state index in [0.717, 1.165) is 38.0 Å². The number of furan rings is 1. The van der Waals surface area contributed by atoms with Crippen LogP contribution in [0.4, 0.5) is 10.5 Å². The second-order valence-electron chi connectivity index (χ2n) is 6.28. The predicted octanol–water partition coefficient (Wildman–Crippen LogP) is 3.34. The molecule has 0 bridgehead atoms. The third-order valence-electron chi connectivity index (χ3n) is 4.55. The van der Waals surface area contributed by atoms with Crippen molar-refractivity contribution in [3.05, 3.63) is 54.5 Å². The number of urea groups is 1. The van der Waals surface area contributed by atoms with Gasteiger partial charge in [-0.15, -0.1) is 0 Å². The van der Waals surface area contributed by atoms with Crippen LogP contribution in [0, 0.1) is 5.92 Å². The molecule has 1 aliphatic rings. The fourth-order valence-electron chi connectivity index (χ4n) is 3.03. The van der Waals surface area contributed by atoms with E-state index in [1.54, 1.807) is 6.07 Å². The largest absolute Gasteiger partial charge is 0.472 e. The number of nitrogens with one attached hydrogen (secondary N) is 2. The molecule has 0 unspecified atom stereocenters. The highest BCUT2D eigenvalue weighted by Gasteiger charge is 2.22. The Morgan fingerprint density at radius 1 is 1.12 bits per heavy atom. The van der Waals surface area contributed by atoms with Gasteiger partial charge in [-0.05, 0) is 43.4 Å². The Bertz CT molecular complexity index is 677. The van der Waals surface area contributed by atoms with E-state index in [2.05, 4.69) is 10.6 Å². The predicted molar refractivity (Wildman–Crippen MR) is 95.4 cm³/mol. The number of rotatable bonds is 5. The van der Waals surface area contributed by atoms with Crippen LogP contribution in [-0.4, -0.2) is 36.5 Å². The summed E-state index contributed by atoms with van der Waals surface area (Å²) in [6.07, 6.45) is 5.79. The molecule has 3 rings (SSSR count). The Hall–Kier alpha value is -2.76. The van der Waals surface area contributed by atoms with E-state index >= 15 is 0 Å². The van der Waals surface area contributed by atoms with E-state index in [-0.39, 0.29) is 11.9 Å². The van der Waals surface area contributed by atoms with Crippen molar-refractivity contribution in [3.63, 3.8) is 0 Å². The summed E-state index contributed by atoms with van der Waals surface area (Å²) in [6.45, 7) is 2.14. The highest BCUT2D eigenvalue weighted by molar-refractivity contribution is 5.93. The number of hydrogen-bond acceptors (Lipinski definition) is 3. The third-order valence-corrected chi connectivity index (χ3v) is 4.55. The van der Waals surface area contributed by atoms with Crippen molar-refractivity contribution in [1.29, 1.82) is 0 Å². The zero-order valence-electron chi connectivity index (χ0n) is 14.1. The SMILES string of the molecule is O=C(NCCC1CCN(C(=O)Nc2ccccc2)CC1)c1ccoc1. The summed E-state index contributed by atoms with van der Waals surface area (Å²) in [6, 6.07) is 11.1. The van der Waals surface area contributed by atoms with E-state index in [0.29, 0.717) is 18.0 Å². The van der Waals surface area contributed by atoms with E-state index in [1.807, 2.05) is 35.2 Å². The average Bonchev–Trinajstić information content (AvgIpc) is 3.18. The molecule has 6 heteroatoms. The molecule has 0 spiro atoms. The van der Waals surface area contributed by atoms with Crippen LogP contribution in [0.15, 0.2) is 53.3 Å². The smallest absolute Gasteiger partial charge is 0.321 e. The highest BCUT2D eigenvalue weighted by Crippen LogP contribution is 2.21. The van der Waals surface area contributed by atoms with E-state index in [9.17, 15) is 9.59 Å². The Morgan fingerprint density at radius 3 is 2.56 bits per heavy atom. The van der Waals surface area contributed by atoms with Crippen LogP contribution >= 0.6 is 0 Å².